The first kappa shape index (κ1) is 14.0. The Balaban J connectivity index is 2.09. The Kier molecular flexibility index (Phi) is 3.90. The Morgan fingerprint density at radius 2 is 2.11 bits per heavy atom. The molecule has 0 saturated carbocycles. The molecule has 0 spiro atoms. The maximum Gasteiger partial charge on any atom is 0.491 e. The van der Waals surface area contributed by atoms with Gasteiger partial charge < -0.3 is 14.8 Å². The van der Waals surface area contributed by atoms with Crippen LogP contribution in [-0.2, 0) is 4.79 Å². The fourth-order valence-corrected chi connectivity index (χ4v) is 1.49. The predicted octanol–water partition coefficient (Wildman–Crippen LogP) is 1.06. The molecule has 1 N–H and O–H groups in total. The van der Waals surface area contributed by atoms with Gasteiger partial charge in [0.2, 0.25) is 5.88 Å². The van der Waals surface area contributed by atoms with Crippen LogP contribution in [0.25, 0.3) is 0 Å². The molecule has 1 aliphatic heterocycles. The van der Waals surface area contributed by atoms with Crippen molar-refractivity contribution in [1.82, 2.24) is 15.3 Å². The number of nitrogens with zero attached hydrogens (tertiary/aromatic N) is 2. The van der Waals surface area contributed by atoms with Crippen LogP contribution in [0.3, 0.4) is 0 Å². The number of esters is 1. The van der Waals surface area contributed by atoms with Crippen molar-refractivity contribution in [1.29, 1.82) is 0 Å². The maximum absolute atomic E-state index is 12.0. The average Bonchev–Trinajstić information content (AvgIpc) is 2.21. The summed E-state index contributed by atoms with van der Waals surface area (Å²) >= 11 is 2.96. The molecule has 0 aromatic carbocycles. The smallest absolute Gasteiger partial charge is 0.471 e. The highest BCUT2D eigenvalue weighted by Gasteiger charge is 2.42. The summed E-state index contributed by atoms with van der Waals surface area (Å²) in [5, 5.41) is 2.95. The van der Waals surface area contributed by atoms with E-state index in [0.29, 0.717) is 13.1 Å². The largest absolute Gasteiger partial charge is 0.491 e. The number of carbonyl (C=O) groups is 1. The van der Waals surface area contributed by atoms with Crippen LogP contribution in [0.4, 0.5) is 13.2 Å². The molecule has 0 unspecified atom stereocenters. The maximum atomic E-state index is 12.0. The zero-order chi connectivity index (χ0) is 14.0. The van der Waals surface area contributed by atoms with Crippen molar-refractivity contribution in [3.63, 3.8) is 0 Å². The molecule has 2 heterocycles. The van der Waals surface area contributed by atoms with E-state index < -0.39 is 18.2 Å². The molecule has 6 nitrogen and oxygen atoms in total. The number of halogens is 4. The first-order valence-electron chi connectivity index (χ1n) is 5.05. The molecule has 1 fully saturated rings. The molecule has 19 heavy (non-hydrogen) atoms. The molecule has 0 atom stereocenters. The third-order valence-electron chi connectivity index (χ3n) is 2.10. The number of hydrogen-bond donors (Lipinski definition) is 1. The van der Waals surface area contributed by atoms with Gasteiger partial charge in [0, 0.05) is 19.2 Å². The Morgan fingerprint density at radius 1 is 1.42 bits per heavy atom. The molecule has 1 aromatic heterocycles. The van der Waals surface area contributed by atoms with Gasteiger partial charge >= 0.3 is 18.2 Å². The molecule has 1 aliphatic rings. The van der Waals surface area contributed by atoms with Crippen molar-refractivity contribution in [2.24, 2.45) is 0 Å². The van der Waals surface area contributed by atoms with Gasteiger partial charge in [0.05, 0.1) is 0 Å². The predicted molar refractivity (Wildman–Crippen MR) is 58.7 cm³/mol. The van der Waals surface area contributed by atoms with Gasteiger partial charge in [-0.15, -0.1) is 0 Å². The Bertz CT molecular complexity index is 493. The lowest BCUT2D eigenvalue weighted by Gasteiger charge is -2.27. The summed E-state index contributed by atoms with van der Waals surface area (Å²) < 4.78 is 45.6. The molecule has 0 bridgehead atoms. The van der Waals surface area contributed by atoms with E-state index in [1.165, 1.54) is 6.07 Å². The third kappa shape index (κ3) is 3.77. The molecule has 0 amide bonds. The summed E-state index contributed by atoms with van der Waals surface area (Å²) in [6, 6.07) is 0.641. The van der Waals surface area contributed by atoms with Gasteiger partial charge in [-0.2, -0.15) is 23.1 Å². The van der Waals surface area contributed by atoms with Crippen molar-refractivity contribution < 1.29 is 27.4 Å². The number of aromatic nitrogens is 2. The van der Waals surface area contributed by atoms with Crippen molar-refractivity contribution in [3.05, 3.63) is 10.7 Å². The zero-order valence-electron chi connectivity index (χ0n) is 9.20. The van der Waals surface area contributed by atoms with E-state index in [9.17, 15) is 18.0 Å². The van der Waals surface area contributed by atoms with Gasteiger partial charge in [0.25, 0.3) is 0 Å². The molecule has 2 rings (SSSR count). The first-order chi connectivity index (χ1) is 8.84. The van der Waals surface area contributed by atoms with E-state index in [1.807, 2.05) is 0 Å². The molecule has 10 heteroatoms. The Morgan fingerprint density at radius 3 is 2.63 bits per heavy atom. The Labute approximate surface area is 113 Å². The van der Waals surface area contributed by atoms with Crippen LogP contribution in [-0.4, -0.2) is 41.3 Å². The van der Waals surface area contributed by atoms with Crippen LogP contribution >= 0.6 is 15.9 Å². The van der Waals surface area contributed by atoms with Crippen molar-refractivity contribution in [3.8, 4) is 11.9 Å². The molecular formula is C9H7BrF3N3O3. The van der Waals surface area contributed by atoms with Gasteiger partial charge in [0.1, 0.15) is 10.7 Å². The summed E-state index contributed by atoms with van der Waals surface area (Å²) in [5.41, 5.74) is 0. The number of rotatable bonds is 3. The quantitative estimate of drug-likeness (QED) is 0.654. The van der Waals surface area contributed by atoms with E-state index in [1.54, 1.807) is 0 Å². The van der Waals surface area contributed by atoms with Crippen LogP contribution < -0.4 is 14.8 Å². The second-order valence-electron chi connectivity index (χ2n) is 3.60. The van der Waals surface area contributed by atoms with Crippen molar-refractivity contribution >= 4 is 21.9 Å². The van der Waals surface area contributed by atoms with Crippen LogP contribution in [0.5, 0.6) is 11.9 Å². The fourth-order valence-electron chi connectivity index (χ4n) is 1.14. The second kappa shape index (κ2) is 5.29. The minimum Gasteiger partial charge on any atom is -0.471 e. The monoisotopic (exact) mass is 341 g/mol. The summed E-state index contributed by atoms with van der Waals surface area (Å²) in [6.45, 7) is 1.22. The van der Waals surface area contributed by atoms with Crippen LogP contribution in [0.2, 0.25) is 0 Å². The lowest BCUT2D eigenvalue weighted by atomic mass is 10.2. The van der Waals surface area contributed by atoms with E-state index in [2.05, 4.69) is 36.0 Å². The number of ether oxygens (including phenoxy) is 2. The number of carbonyl (C=O) groups excluding carboxylic acids is 1. The van der Waals surface area contributed by atoms with E-state index in [4.69, 9.17) is 4.74 Å². The van der Waals surface area contributed by atoms with Gasteiger partial charge in [-0.25, -0.2) is 4.79 Å². The van der Waals surface area contributed by atoms with Gasteiger partial charge in [0.15, 0.2) is 0 Å². The summed E-state index contributed by atoms with van der Waals surface area (Å²) in [4.78, 5) is 17.7. The zero-order valence-corrected chi connectivity index (χ0v) is 10.8. The second-order valence-corrected chi connectivity index (χ2v) is 4.41. The number of nitrogens with one attached hydrogen (secondary N) is 1. The standard InChI is InChI=1S/C9H7BrF3N3O3/c10-5-1-6(18-4-2-14-3-4)16-8(15-5)19-7(17)9(11,12)13/h1,4,14H,2-3H2. The van der Waals surface area contributed by atoms with Gasteiger partial charge in [-0.1, -0.05) is 0 Å². The molecule has 0 aliphatic carbocycles. The molecular weight excluding hydrogens is 335 g/mol. The highest BCUT2D eigenvalue weighted by atomic mass is 79.9. The number of alkyl halides is 3. The van der Waals surface area contributed by atoms with Crippen molar-refractivity contribution in [2.45, 2.75) is 12.3 Å². The lowest BCUT2D eigenvalue weighted by Crippen LogP contribution is -2.50. The SMILES string of the molecule is O=C(Oc1nc(Br)cc(OC2CNC2)n1)C(F)(F)F. The van der Waals surface area contributed by atoms with E-state index in [0.717, 1.165) is 0 Å². The van der Waals surface area contributed by atoms with Crippen LogP contribution in [0, 0.1) is 0 Å². The minimum atomic E-state index is -5.11. The summed E-state index contributed by atoms with van der Waals surface area (Å²) in [5.74, 6) is -2.36. The molecule has 0 radical (unpaired) electrons. The van der Waals surface area contributed by atoms with Crippen LogP contribution in [0.1, 0.15) is 0 Å². The highest BCUT2D eigenvalue weighted by molar-refractivity contribution is 9.10. The van der Waals surface area contributed by atoms with Crippen molar-refractivity contribution in [2.75, 3.05) is 13.1 Å². The lowest BCUT2D eigenvalue weighted by molar-refractivity contribution is -0.190. The van der Waals surface area contributed by atoms with Gasteiger partial charge in [-0.05, 0) is 15.9 Å². The molecule has 104 valence electrons. The summed E-state index contributed by atoms with van der Waals surface area (Å²) in [6.07, 6.45) is -5.22. The highest BCUT2D eigenvalue weighted by Crippen LogP contribution is 2.22. The Hall–Kier alpha value is -1.42. The average molecular weight is 342 g/mol. The number of hydrogen-bond acceptors (Lipinski definition) is 6. The molecule has 1 aromatic rings. The summed E-state index contributed by atoms with van der Waals surface area (Å²) in [7, 11) is 0. The van der Waals surface area contributed by atoms with Gasteiger partial charge in [-0.3, -0.25) is 0 Å². The third-order valence-corrected chi connectivity index (χ3v) is 2.50. The first-order valence-corrected chi connectivity index (χ1v) is 5.85. The molecule has 1 saturated heterocycles. The minimum absolute atomic E-state index is 0.0262. The van der Waals surface area contributed by atoms with Crippen LogP contribution in [0.15, 0.2) is 10.7 Å². The van der Waals surface area contributed by atoms with E-state index >= 15 is 0 Å². The normalized spacial score (nSPS) is 15.8. The topological polar surface area (TPSA) is 73.3 Å². The van der Waals surface area contributed by atoms with E-state index in [-0.39, 0.29) is 16.6 Å². The fraction of sp³-hybridized carbons (Fsp3) is 0.444.